The maximum absolute atomic E-state index is 11.8. The molecule has 0 saturated carbocycles. The van der Waals surface area contributed by atoms with Crippen LogP contribution in [0.15, 0.2) is 18.2 Å². The van der Waals surface area contributed by atoms with E-state index in [0.29, 0.717) is 5.56 Å². The number of aryl methyl sites for hydroxylation is 1. The van der Waals surface area contributed by atoms with Crippen LogP contribution in [0, 0.1) is 0 Å². The second-order valence-corrected chi connectivity index (χ2v) is 4.69. The molecule has 3 nitrogen and oxygen atoms in total. The fourth-order valence-electron chi connectivity index (χ4n) is 2.10. The Morgan fingerprint density at radius 1 is 1.16 bits per heavy atom. The van der Waals surface area contributed by atoms with Gasteiger partial charge in [-0.3, -0.25) is 4.79 Å². The number of methoxy groups -OCH3 is 2. The van der Waals surface area contributed by atoms with E-state index in [1.807, 2.05) is 12.1 Å². The van der Waals surface area contributed by atoms with Gasteiger partial charge in [0, 0.05) is 12.7 Å². The minimum Gasteiger partial charge on any atom is -0.496 e. The molecule has 0 spiro atoms. The summed E-state index contributed by atoms with van der Waals surface area (Å²) >= 11 is 0. The van der Waals surface area contributed by atoms with E-state index in [1.165, 1.54) is 26.4 Å². The summed E-state index contributed by atoms with van der Waals surface area (Å²) in [5.41, 5.74) is 1.81. The van der Waals surface area contributed by atoms with E-state index in [0.717, 1.165) is 24.2 Å². The lowest BCUT2D eigenvalue weighted by molar-refractivity contribution is 0.0848. The molecule has 0 radical (unpaired) electrons. The minimum atomic E-state index is 0.0139. The number of ketones is 1. The van der Waals surface area contributed by atoms with Crippen molar-refractivity contribution < 1.29 is 14.3 Å². The third-order valence-corrected chi connectivity index (χ3v) is 3.18. The highest BCUT2D eigenvalue weighted by Gasteiger charge is 2.09. The van der Waals surface area contributed by atoms with Crippen molar-refractivity contribution in [3.63, 3.8) is 0 Å². The second-order valence-electron chi connectivity index (χ2n) is 4.69. The lowest BCUT2D eigenvalue weighted by Crippen LogP contribution is -2.08. The largest absolute Gasteiger partial charge is 0.496 e. The first-order chi connectivity index (χ1) is 9.22. The Labute approximate surface area is 115 Å². The van der Waals surface area contributed by atoms with Gasteiger partial charge in [0.2, 0.25) is 0 Å². The van der Waals surface area contributed by atoms with Crippen LogP contribution in [0.5, 0.6) is 5.75 Å². The molecular formula is C16H24O3. The zero-order valence-electron chi connectivity index (χ0n) is 12.2. The van der Waals surface area contributed by atoms with Crippen LogP contribution in [0.1, 0.15) is 48.5 Å². The molecule has 19 heavy (non-hydrogen) atoms. The molecule has 0 saturated heterocycles. The van der Waals surface area contributed by atoms with Crippen LogP contribution >= 0.6 is 0 Å². The van der Waals surface area contributed by atoms with Crippen molar-refractivity contribution in [2.75, 3.05) is 20.8 Å². The number of carbonyl (C=O) groups excluding carboxylic acids is 1. The highest BCUT2D eigenvalue weighted by Crippen LogP contribution is 2.22. The van der Waals surface area contributed by atoms with Gasteiger partial charge >= 0.3 is 0 Å². The van der Waals surface area contributed by atoms with Crippen molar-refractivity contribution in [1.82, 2.24) is 0 Å². The number of carbonyl (C=O) groups is 1. The fourth-order valence-corrected chi connectivity index (χ4v) is 2.10. The highest BCUT2D eigenvalue weighted by molar-refractivity contribution is 5.97. The van der Waals surface area contributed by atoms with E-state index in [4.69, 9.17) is 9.47 Å². The SMILES string of the molecule is CCCCCCc1cc(C(=O)COC)ccc1OC. The Morgan fingerprint density at radius 3 is 2.58 bits per heavy atom. The van der Waals surface area contributed by atoms with Crippen LogP contribution < -0.4 is 4.74 Å². The van der Waals surface area contributed by atoms with Crippen molar-refractivity contribution in [1.29, 1.82) is 0 Å². The van der Waals surface area contributed by atoms with E-state index in [-0.39, 0.29) is 12.4 Å². The second kappa shape index (κ2) is 8.70. The molecule has 0 atom stereocenters. The fraction of sp³-hybridized carbons (Fsp3) is 0.562. The summed E-state index contributed by atoms with van der Waals surface area (Å²) in [6.07, 6.45) is 5.79. The normalized spacial score (nSPS) is 10.5. The van der Waals surface area contributed by atoms with Crippen molar-refractivity contribution in [3.05, 3.63) is 29.3 Å². The smallest absolute Gasteiger partial charge is 0.188 e. The molecule has 0 aromatic heterocycles. The first-order valence-electron chi connectivity index (χ1n) is 6.92. The van der Waals surface area contributed by atoms with Crippen LogP contribution in [-0.2, 0) is 11.2 Å². The highest BCUT2D eigenvalue weighted by atomic mass is 16.5. The van der Waals surface area contributed by atoms with E-state index in [1.54, 1.807) is 13.2 Å². The molecule has 0 aliphatic heterocycles. The summed E-state index contributed by atoms with van der Waals surface area (Å²) in [4.78, 5) is 11.8. The van der Waals surface area contributed by atoms with Gasteiger partial charge in [0.25, 0.3) is 0 Å². The summed E-state index contributed by atoms with van der Waals surface area (Å²) in [5, 5.41) is 0. The topological polar surface area (TPSA) is 35.5 Å². The molecule has 1 aromatic rings. The van der Waals surface area contributed by atoms with Crippen molar-refractivity contribution in [3.8, 4) is 5.75 Å². The quantitative estimate of drug-likeness (QED) is 0.504. The molecule has 3 heteroatoms. The molecule has 0 fully saturated rings. The van der Waals surface area contributed by atoms with Gasteiger partial charge in [0.1, 0.15) is 12.4 Å². The van der Waals surface area contributed by atoms with Gasteiger partial charge in [-0.2, -0.15) is 0 Å². The Bertz CT molecular complexity index is 399. The molecule has 0 amide bonds. The Balaban J connectivity index is 2.75. The Kier molecular flexibility index (Phi) is 7.19. The number of rotatable bonds is 9. The zero-order valence-corrected chi connectivity index (χ0v) is 12.2. The zero-order chi connectivity index (χ0) is 14.1. The van der Waals surface area contributed by atoms with Crippen LogP contribution in [0.3, 0.4) is 0 Å². The number of Topliss-reactive ketones (excluding diaryl/α,β-unsaturated/α-hetero) is 1. The number of hydrogen-bond acceptors (Lipinski definition) is 3. The van der Waals surface area contributed by atoms with Gasteiger partial charge < -0.3 is 9.47 Å². The van der Waals surface area contributed by atoms with Crippen molar-refractivity contribution in [2.24, 2.45) is 0 Å². The summed E-state index contributed by atoms with van der Waals surface area (Å²) < 4.78 is 10.2. The maximum atomic E-state index is 11.8. The molecule has 1 rings (SSSR count). The van der Waals surface area contributed by atoms with E-state index in [2.05, 4.69) is 6.92 Å². The van der Waals surface area contributed by atoms with Gasteiger partial charge in [-0.25, -0.2) is 0 Å². The maximum Gasteiger partial charge on any atom is 0.188 e. The van der Waals surface area contributed by atoms with E-state index in [9.17, 15) is 4.79 Å². The number of benzene rings is 1. The molecule has 0 heterocycles. The summed E-state index contributed by atoms with van der Waals surface area (Å²) in [7, 11) is 3.20. The van der Waals surface area contributed by atoms with Gasteiger partial charge in [-0.15, -0.1) is 0 Å². The van der Waals surface area contributed by atoms with Crippen LogP contribution in [-0.4, -0.2) is 26.6 Å². The molecule has 0 N–H and O–H groups in total. The summed E-state index contributed by atoms with van der Waals surface area (Å²) in [6, 6.07) is 5.61. The van der Waals surface area contributed by atoms with Crippen molar-refractivity contribution >= 4 is 5.78 Å². The standard InChI is InChI=1S/C16H24O3/c1-4-5-6-7-8-14-11-13(15(17)12-18-2)9-10-16(14)19-3/h9-11H,4-8,12H2,1-3H3. The average Bonchev–Trinajstić information content (AvgIpc) is 2.43. The Morgan fingerprint density at radius 2 is 1.95 bits per heavy atom. The first kappa shape index (κ1) is 15.7. The third-order valence-electron chi connectivity index (χ3n) is 3.18. The van der Waals surface area contributed by atoms with Crippen LogP contribution in [0.4, 0.5) is 0 Å². The predicted octanol–water partition coefficient (Wildman–Crippen LogP) is 3.65. The van der Waals surface area contributed by atoms with Gasteiger partial charge in [0.05, 0.1) is 7.11 Å². The van der Waals surface area contributed by atoms with Gasteiger partial charge in [-0.1, -0.05) is 26.2 Å². The summed E-state index contributed by atoms with van der Waals surface area (Å²) in [5.74, 6) is 0.880. The third kappa shape index (κ3) is 5.03. The number of ether oxygens (including phenoxy) is 2. The molecule has 0 bridgehead atoms. The van der Waals surface area contributed by atoms with Gasteiger partial charge in [-0.05, 0) is 36.6 Å². The number of unbranched alkanes of at least 4 members (excludes halogenated alkanes) is 3. The van der Waals surface area contributed by atoms with Crippen LogP contribution in [0.25, 0.3) is 0 Å². The monoisotopic (exact) mass is 264 g/mol. The molecule has 0 aliphatic carbocycles. The first-order valence-corrected chi connectivity index (χ1v) is 6.92. The van der Waals surface area contributed by atoms with E-state index < -0.39 is 0 Å². The van der Waals surface area contributed by atoms with Crippen LogP contribution in [0.2, 0.25) is 0 Å². The molecular weight excluding hydrogens is 240 g/mol. The minimum absolute atomic E-state index is 0.0139. The van der Waals surface area contributed by atoms with E-state index >= 15 is 0 Å². The molecule has 0 unspecified atom stereocenters. The number of hydrogen-bond donors (Lipinski definition) is 0. The predicted molar refractivity (Wildman–Crippen MR) is 77.0 cm³/mol. The molecule has 1 aromatic carbocycles. The van der Waals surface area contributed by atoms with Crippen molar-refractivity contribution in [2.45, 2.75) is 39.0 Å². The average molecular weight is 264 g/mol. The molecule has 0 aliphatic rings. The Hall–Kier alpha value is -1.35. The lowest BCUT2D eigenvalue weighted by Gasteiger charge is -2.10. The van der Waals surface area contributed by atoms with Gasteiger partial charge in [0.15, 0.2) is 5.78 Å². The molecule has 106 valence electrons. The summed E-state index contributed by atoms with van der Waals surface area (Å²) in [6.45, 7) is 2.33. The lowest BCUT2D eigenvalue weighted by atomic mass is 10.0.